The molecular weight excluding hydrogens is 383 g/mol. The Balaban J connectivity index is 1.96. The Morgan fingerprint density at radius 2 is 2.04 bits per heavy atom. The van der Waals surface area contributed by atoms with E-state index in [1.54, 1.807) is 19.1 Å². The predicted octanol–water partition coefficient (Wildman–Crippen LogP) is 4.85. The number of halogens is 2. The number of pyridine rings is 1. The number of aryl methyl sites for hydroxylation is 2. The van der Waals surface area contributed by atoms with Crippen LogP contribution in [-0.2, 0) is 6.00 Å². The van der Waals surface area contributed by atoms with E-state index in [9.17, 15) is 14.0 Å². The summed E-state index contributed by atoms with van der Waals surface area (Å²) in [5.74, 6) is -1.29. The lowest BCUT2D eigenvalue weighted by Gasteiger charge is -2.14. The van der Waals surface area contributed by atoms with Crippen LogP contribution in [0, 0.1) is 19.6 Å². The molecule has 0 saturated carbocycles. The summed E-state index contributed by atoms with van der Waals surface area (Å²) in [4.78, 5) is 24.8. The fourth-order valence-electron chi connectivity index (χ4n) is 2.49. The number of benzene rings is 2. The minimum atomic E-state index is -2.62. The van der Waals surface area contributed by atoms with Crippen LogP contribution in [0.25, 0.3) is 0 Å². The van der Waals surface area contributed by atoms with E-state index in [4.69, 9.17) is 20.5 Å². The number of alkyl halides is 1. The molecule has 1 aromatic heterocycles. The molecule has 0 radical (unpaired) electrons. The largest absolute Gasteiger partial charge is 0.456 e. The zero-order chi connectivity index (χ0) is 22.8. The van der Waals surface area contributed by atoms with Crippen molar-refractivity contribution in [2.24, 2.45) is 0 Å². The molecule has 5 nitrogen and oxygen atoms in total. The van der Waals surface area contributed by atoms with Crippen molar-refractivity contribution < 1.29 is 18.0 Å². The lowest BCUT2D eigenvalue weighted by atomic mass is 10.1. The maximum atomic E-state index is 13.6. The molecule has 3 rings (SSSR count). The lowest BCUT2D eigenvalue weighted by molar-refractivity contribution is 0.102. The number of carbonyl (C=O) groups is 1. The maximum Gasteiger partial charge on any atom is 0.259 e. The summed E-state index contributed by atoms with van der Waals surface area (Å²) in [5.41, 5.74) is 0.418. The van der Waals surface area contributed by atoms with Crippen molar-refractivity contribution in [2.45, 2.75) is 19.8 Å². The number of rotatable bonds is 5. The van der Waals surface area contributed by atoms with Gasteiger partial charge in [-0.15, -0.1) is 11.6 Å². The van der Waals surface area contributed by atoms with Gasteiger partial charge in [0.05, 0.1) is 5.56 Å². The molecule has 0 aliphatic heterocycles. The summed E-state index contributed by atoms with van der Waals surface area (Å²) in [5, 5.41) is 2.60. The lowest BCUT2D eigenvalue weighted by Crippen LogP contribution is -2.19. The van der Waals surface area contributed by atoms with Crippen molar-refractivity contribution in [1.82, 2.24) is 4.57 Å². The quantitative estimate of drug-likeness (QED) is 0.620. The van der Waals surface area contributed by atoms with E-state index in [0.29, 0.717) is 0 Å². The number of hydrogen-bond acceptors (Lipinski definition) is 3. The number of aromatic nitrogens is 1. The van der Waals surface area contributed by atoms with Crippen LogP contribution >= 0.6 is 11.6 Å². The molecule has 0 aliphatic carbocycles. The highest BCUT2D eigenvalue weighted by Crippen LogP contribution is 2.29. The van der Waals surface area contributed by atoms with Gasteiger partial charge in [0.2, 0.25) is 0 Å². The molecule has 1 amide bonds. The first-order chi connectivity index (χ1) is 14.6. The van der Waals surface area contributed by atoms with Gasteiger partial charge in [0.15, 0.2) is 0 Å². The van der Waals surface area contributed by atoms with Crippen LogP contribution in [-0.4, -0.2) is 10.5 Å². The molecular formula is C21H18ClFN2O3. The fourth-order valence-corrected chi connectivity index (χ4v) is 2.69. The van der Waals surface area contributed by atoms with Gasteiger partial charge in [0.25, 0.3) is 11.5 Å². The van der Waals surface area contributed by atoms with Gasteiger partial charge in [-0.25, -0.2) is 4.39 Å². The first-order valence-electron chi connectivity index (χ1n) is 9.75. The molecule has 0 bridgehead atoms. The summed E-state index contributed by atoms with van der Waals surface area (Å²) in [6.07, 6.45) is 1.44. The molecule has 0 atom stereocenters. The van der Waals surface area contributed by atoms with Gasteiger partial charge in [-0.1, -0.05) is 6.07 Å². The summed E-state index contributed by atoms with van der Waals surface area (Å²) in [6, 6.07) is 10.6. The van der Waals surface area contributed by atoms with Gasteiger partial charge in [-0.2, -0.15) is 0 Å². The number of ether oxygens (including phenoxy) is 1. The second-order valence-electron chi connectivity index (χ2n) is 6.04. The van der Waals surface area contributed by atoms with E-state index in [0.717, 1.165) is 17.7 Å². The molecule has 0 unspecified atom stereocenters. The molecule has 7 heteroatoms. The second kappa shape index (κ2) is 8.27. The first-order valence-corrected chi connectivity index (χ1v) is 8.78. The average molecular weight is 404 g/mol. The Morgan fingerprint density at radius 1 is 1.21 bits per heavy atom. The molecule has 3 aromatic rings. The highest BCUT2D eigenvalue weighted by Gasteiger charge is 2.15. The van der Waals surface area contributed by atoms with Crippen LogP contribution in [0.5, 0.6) is 11.5 Å². The topological polar surface area (TPSA) is 60.3 Å². The van der Waals surface area contributed by atoms with E-state index >= 15 is 0 Å². The zero-order valence-corrected chi connectivity index (χ0v) is 15.6. The third-order valence-electron chi connectivity index (χ3n) is 3.93. The number of nitrogens with zero attached hydrogens (tertiary/aromatic N) is 1. The summed E-state index contributed by atoms with van der Waals surface area (Å²) < 4.78 is 43.5. The molecule has 28 heavy (non-hydrogen) atoms. The van der Waals surface area contributed by atoms with E-state index < -0.39 is 18.6 Å². The van der Waals surface area contributed by atoms with Gasteiger partial charge in [0.1, 0.15) is 23.3 Å². The van der Waals surface area contributed by atoms with Crippen LogP contribution in [0.1, 0.15) is 25.6 Å². The van der Waals surface area contributed by atoms with Gasteiger partial charge < -0.3 is 14.6 Å². The van der Waals surface area contributed by atoms with Crippen LogP contribution in [0.3, 0.4) is 0 Å². The number of anilines is 1. The maximum absolute atomic E-state index is 13.6. The second-order valence-corrected chi connectivity index (χ2v) is 6.28. The first kappa shape index (κ1) is 15.9. The molecule has 1 N–H and O–H groups in total. The van der Waals surface area contributed by atoms with E-state index in [-0.39, 0.29) is 39.9 Å². The molecule has 144 valence electrons. The number of carbonyl (C=O) groups excluding carboxylic acids is 1. The molecule has 2 aromatic carbocycles. The summed E-state index contributed by atoms with van der Waals surface area (Å²) in [6.45, 7) is -0.842. The molecule has 1 heterocycles. The van der Waals surface area contributed by atoms with E-state index in [1.807, 2.05) is 0 Å². The Labute approximate surface area is 170 Å². The van der Waals surface area contributed by atoms with Crippen LogP contribution in [0.2, 0.25) is 0 Å². The fraction of sp³-hybridized carbons (Fsp3) is 0.143. The van der Waals surface area contributed by atoms with Crippen molar-refractivity contribution >= 4 is 23.2 Å². The minimum absolute atomic E-state index is 0.0213. The van der Waals surface area contributed by atoms with Crippen LogP contribution in [0.15, 0.2) is 59.5 Å². The Hall–Kier alpha value is -3.12. The Bertz CT molecular complexity index is 1200. The average Bonchev–Trinajstić information content (AvgIpc) is 2.69. The minimum Gasteiger partial charge on any atom is -0.456 e. The van der Waals surface area contributed by atoms with Crippen molar-refractivity contribution in [2.75, 3.05) is 5.32 Å². The third kappa shape index (κ3) is 4.40. The Morgan fingerprint density at radius 3 is 2.75 bits per heavy atom. The van der Waals surface area contributed by atoms with Gasteiger partial charge in [-0.3, -0.25) is 9.59 Å². The standard InChI is InChI=1S/C21H18ClFN2O3/c1-13-3-5-17(19(9-13)28-18-6-4-15(23)10-14(18)2)21(27)24-16-7-8-25(12-22)20(26)11-16/h3-11H,12H2,1-2H3,(H,24,27)/i2D3. The van der Waals surface area contributed by atoms with E-state index in [2.05, 4.69) is 5.32 Å². The Kier molecular flexibility index (Phi) is 4.69. The zero-order valence-electron chi connectivity index (χ0n) is 17.8. The van der Waals surface area contributed by atoms with Crippen molar-refractivity contribution in [3.63, 3.8) is 0 Å². The van der Waals surface area contributed by atoms with Gasteiger partial charge in [0, 0.05) is 22.1 Å². The summed E-state index contributed by atoms with van der Waals surface area (Å²) >= 11 is 5.65. The molecule has 0 aliphatic rings. The molecule has 0 fully saturated rings. The number of nitrogens with one attached hydrogen (secondary N) is 1. The smallest absolute Gasteiger partial charge is 0.259 e. The predicted molar refractivity (Wildman–Crippen MR) is 107 cm³/mol. The van der Waals surface area contributed by atoms with Gasteiger partial charge in [-0.05, 0) is 61.3 Å². The van der Waals surface area contributed by atoms with Crippen molar-refractivity contribution in [3.8, 4) is 11.5 Å². The number of hydrogen-bond donors (Lipinski definition) is 1. The van der Waals surface area contributed by atoms with E-state index in [1.165, 1.54) is 35.0 Å². The SMILES string of the molecule is [2H]C([2H])([2H])c1cc(F)ccc1Oc1cc(C)ccc1C(=O)Nc1ccn(CCl)c(=O)c1. The highest BCUT2D eigenvalue weighted by atomic mass is 35.5. The normalized spacial score (nSPS) is 12.6. The molecule has 0 saturated heterocycles. The van der Waals surface area contributed by atoms with Crippen LogP contribution in [0.4, 0.5) is 10.1 Å². The van der Waals surface area contributed by atoms with Gasteiger partial charge >= 0.3 is 0 Å². The van der Waals surface area contributed by atoms with Crippen molar-refractivity contribution in [3.05, 3.63) is 87.6 Å². The molecule has 0 spiro atoms. The summed E-state index contributed by atoms with van der Waals surface area (Å²) in [7, 11) is 0. The van der Waals surface area contributed by atoms with Crippen LogP contribution < -0.4 is 15.6 Å². The monoisotopic (exact) mass is 403 g/mol. The van der Waals surface area contributed by atoms with Crippen molar-refractivity contribution in [1.29, 1.82) is 0 Å². The third-order valence-corrected chi connectivity index (χ3v) is 4.18. The highest BCUT2D eigenvalue weighted by molar-refractivity contribution is 6.15. The number of amides is 1.